The zero-order valence-electron chi connectivity index (χ0n) is 19.1. The highest BCUT2D eigenvalue weighted by Crippen LogP contribution is 2.60. The molecule has 4 saturated carbocycles. The van der Waals surface area contributed by atoms with Gasteiger partial charge in [-0.1, -0.05) is 18.2 Å². The molecule has 8 nitrogen and oxygen atoms in total. The molecule has 4 aliphatic carbocycles. The first-order chi connectivity index (χ1) is 16.1. The van der Waals surface area contributed by atoms with Gasteiger partial charge in [-0.25, -0.2) is 8.42 Å². The third kappa shape index (κ3) is 4.41. The van der Waals surface area contributed by atoms with E-state index < -0.39 is 27.4 Å². The number of hydrogen-bond acceptors (Lipinski definition) is 5. The molecule has 34 heavy (non-hydrogen) atoms. The molecule has 4 bridgehead atoms. The van der Waals surface area contributed by atoms with E-state index in [4.69, 9.17) is 0 Å². The van der Waals surface area contributed by atoms with Crippen LogP contribution in [0.2, 0.25) is 0 Å². The lowest BCUT2D eigenvalue weighted by molar-refractivity contribution is -0.384. The molecule has 0 aromatic heterocycles. The van der Waals surface area contributed by atoms with E-state index in [1.54, 1.807) is 0 Å². The van der Waals surface area contributed by atoms with E-state index in [1.807, 2.05) is 12.1 Å². The number of non-ortho nitro benzene ring substituents is 1. The largest absolute Gasteiger partial charge is 0.325 e. The lowest BCUT2D eigenvalue weighted by atomic mass is 9.48. The Morgan fingerprint density at radius 2 is 1.65 bits per heavy atom. The summed E-state index contributed by atoms with van der Waals surface area (Å²) in [7, 11) is -3.83. The summed E-state index contributed by atoms with van der Waals surface area (Å²) in [5.41, 5.74) is 2.05. The van der Waals surface area contributed by atoms with Gasteiger partial charge in [0.1, 0.15) is 6.54 Å². The van der Waals surface area contributed by atoms with Gasteiger partial charge < -0.3 is 5.32 Å². The van der Waals surface area contributed by atoms with E-state index in [9.17, 15) is 23.3 Å². The molecule has 2 aromatic carbocycles. The van der Waals surface area contributed by atoms with Crippen molar-refractivity contribution >= 4 is 33.0 Å². The number of carbonyl (C=O) groups is 1. The van der Waals surface area contributed by atoms with E-state index in [2.05, 4.69) is 17.4 Å². The number of benzene rings is 2. The Morgan fingerprint density at radius 3 is 2.18 bits per heavy atom. The normalized spacial score (nSPS) is 27.4. The lowest BCUT2D eigenvalue weighted by Gasteiger charge is -2.57. The summed E-state index contributed by atoms with van der Waals surface area (Å²) in [5, 5.41) is 13.8. The third-order valence-corrected chi connectivity index (χ3v) is 8.98. The summed E-state index contributed by atoms with van der Waals surface area (Å²) in [6.07, 6.45) is 8.91. The van der Waals surface area contributed by atoms with Gasteiger partial charge >= 0.3 is 0 Å². The quantitative estimate of drug-likeness (QED) is 0.462. The minimum Gasteiger partial charge on any atom is -0.325 e. The molecule has 4 aliphatic rings. The lowest BCUT2D eigenvalue weighted by Crippen LogP contribution is -2.48. The zero-order chi connectivity index (χ0) is 24.1. The Kier molecular flexibility index (Phi) is 5.62. The van der Waals surface area contributed by atoms with Crippen LogP contribution in [0.15, 0.2) is 48.5 Å². The maximum absolute atomic E-state index is 12.7. The molecule has 9 heteroatoms. The second-order valence-corrected chi connectivity index (χ2v) is 12.3. The predicted molar refractivity (Wildman–Crippen MR) is 130 cm³/mol. The first kappa shape index (κ1) is 22.8. The number of rotatable bonds is 7. The van der Waals surface area contributed by atoms with Crippen LogP contribution < -0.4 is 9.62 Å². The molecule has 180 valence electrons. The Morgan fingerprint density at radius 1 is 1.06 bits per heavy atom. The standard InChI is InChI=1S/C25H29N3O5S/c1-34(32,33)27(22-3-2-4-23(12-22)28(30)31)16-24(29)26-21-7-5-20(6-8-21)25-13-17-9-18(14-25)11-19(10-17)15-25/h2-8,12,17-19H,9-11,13-16H2,1H3,(H,26,29). The fraction of sp³-hybridized carbons (Fsp3) is 0.480. The minimum atomic E-state index is -3.83. The second kappa shape index (κ2) is 8.37. The van der Waals surface area contributed by atoms with Crippen LogP contribution in [-0.4, -0.2) is 32.0 Å². The van der Waals surface area contributed by atoms with Gasteiger partial charge in [0.2, 0.25) is 15.9 Å². The molecule has 0 heterocycles. The molecule has 1 amide bonds. The van der Waals surface area contributed by atoms with E-state index in [1.165, 1.54) is 62.3 Å². The fourth-order valence-electron chi connectivity index (χ4n) is 6.86. The van der Waals surface area contributed by atoms with Crippen molar-refractivity contribution in [2.75, 3.05) is 22.4 Å². The topological polar surface area (TPSA) is 110 Å². The average molecular weight is 484 g/mol. The van der Waals surface area contributed by atoms with Gasteiger partial charge in [0, 0.05) is 17.8 Å². The van der Waals surface area contributed by atoms with Gasteiger partial charge in [0.15, 0.2) is 0 Å². The summed E-state index contributed by atoms with van der Waals surface area (Å²) in [6, 6.07) is 13.3. The molecular formula is C25H29N3O5S. The average Bonchev–Trinajstić information content (AvgIpc) is 2.76. The van der Waals surface area contributed by atoms with Gasteiger partial charge in [-0.05, 0) is 85.5 Å². The Labute approximate surface area is 199 Å². The number of amides is 1. The highest BCUT2D eigenvalue weighted by Gasteiger charge is 2.51. The monoisotopic (exact) mass is 483 g/mol. The molecule has 0 radical (unpaired) electrons. The van der Waals surface area contributed by atoms with Crippen molar-refractivity contribution in [1.82, 2.24) is 0 Å². The molecule has 0 aliphatic heterocycles. The molecule has 4 fully saturated rings. The van der Waals surface area contributed by atoms with Crippen LogP contribution in [-0.2, 0) is 20.2 Å². The Balaban J connectivity index is 1.29. The van der Waals surface area contributed by atoms with Crippen LogP contribution in [0.5, 0.6) is 0 Å². The number of nitro benzene ring substituents is 1. The summed E-state index contributed by atoms with van der Waals surface area (Å²) in [4.78, 5) is 23.2. The summed E-state index contributed by atoms with van der Waals surface area (Å²) >= 11 is 0. The molecule has 6 rings (SSSR count). The molecule has 0 spiro atoms. The Hall–Kier alpha value is -2.94. The molecule has 0 unspecified atom stereocenters. The van der Waals surface area contributed by atoms with Gasteiger partial charge in [0.05, 0.1) is 16.9 Å². The maximum atomic E-state index is 12.7. The first-order valence-electron chi connectivity index (χ1n) is 11.7. The van der Waals surface area contributed by atoms with E-state index >= 15 is 0 Å². The first-order valence-corrected chi connectivity index (χ1v) is 13.6. The van der Waals surface area contributed by atoms with Gasteiger partial charge in [0.25, 0.3) is 5.69 Å². The molecule has 0 saturated heterocycles. The number of sulfonamides is 1. The van der Waals surface area contributed by atoms with Crippen LogP contribution in [0.1, 0.15) is 44.1 Å². The minimum absolute atomic E-state index is 0.0732. The third-order valence-electron chi connectivity index (χ3n) is 7.84. The van der Waals surface area contributed by atoms with Crippen LogP contribution in [0.3, 0.4) is 0 Å². The number of nitrogens with zero attached hydrogens (tertiary/aromatic N) is 2. The fourth-order valence-corrected chi connectivity index (χ4v) is 7.71. The van der Waals surface area contributed by atoms with Gasteiger partial charge in [-0.3, -0.25) is 19.2 Å². The van der Waals surface area contributed by atoms with E-state index in [0.717, 1.165) is 34.4 Å². The number of nitro groups is 1. The van der Waals surface area contributed by atoms with Crippen molar-refractivity contribution in [2.24, 2.45) is 17.8 Å². The van der Waals surface area contributed by atoms with Crippen LogP contribution in [0.4, 0.5) is 17.1 Å². The molecule has 1 N–H and O–H groups in total. The Bertz CT molecular complexity index is 1190. The number of hydrogen-bond donors (Lipinski definition) is 1. The van der Waals surface area contributed by atoms with Gasteiger partial charge in [-0.15, -0.1) is 0 Å². The summed E-state index contributed by atoms with van der Waals surface area (Å²) in [6.45, 7) is -0.475. The maximum Gasteiger partial charge on any atom is 0.271 e. The van der Waals surface area contributed by atoms with Crippen molar-refractivity contribution in [3.05, 3.63) is 64.2 Å². The van der Waals surface area contributed by atoms with Crippen molar-refractivity contribution in [3.63, 3.8) is 0 Å². The molecule has 0 atom stereocenters. The number of anilines is 2. The van der Waals surface area contributed by atoms with Crippen LogP contribution in [0.25, 0.3) is 0 Å². The highest BCUT2D eigenvalue weighted by atomic mass is 32.2. The second-order valence-electron chi connectivity index (χ2n) is 10.4. The van der Waals surface area contributed by atoms with Gasteiger partial charge in [-0.2, -0.15) is 0 Å². The van der Waals surface area contributed by atoms with Crippen molar-refractivity contribution in [3.8, 4) is 0 Å². The van der Waals surface area contributed by atoms with E-state index in [-0.39, 0.29) is 16.8 Å². The summed E-state index contributed by atoms with van der Waals surface area (Å²) in [5.74, 6) is 2.03. The van der Waals surface area contributed by atoms with Crippen molar-refractivity contribution < 1.29 is 18.1 Å². The van der Waals surface area contributed by atoms with E-state index in [0.29, 0.717) is 5.69 Å². The van der Waals surface area contributed by atoms with Crippen LogP contribution in [0, 0.1) is 27.9 Å². The smallest absolute Gasteiger partial charge is 0.271 e. The van der Waals surface area contributed by atoms with Crippen LogP contribution >= 0.6 is 0 Å². The molecular weight excluding hydrogens is 454 g/mol. The molecule has 2 aromatic rings. The summed E-state index contributed by atoms with van der Waals surface area (Å²) < 4.78 is 25.5. The SMILES string of the molecule is CS(=O)(=O)N(CC(=O)Nc1ccc(C23CC4CC(CC(C4)C2)C3)cc1)c1cccc([N+](=O)[O-])c1. The predicted octanol–water partition coefficient (Wildman–Crippen LogP) is 4.47. The zero-order valence-corrected chi connectivity index (χ0v) is 20.0. The highest BCUT2D eigenvalue weighted by molar-refractivity contribution is 7.92. The number of carbonyl (C=O) groups excluding carboxylic acids is 1. The number of nitrogens with one attached hydrogen (secondary N) is 1. The van der Waals surface area contributed by atoms with Crippen molar-refractivity contribution in [2.45, 2.75) is 43.9 Å². The van der Waals surface area contributed by atoms with Crippen molar-refractivity contribution in [1.29, 1.82) is 0 Å².